The van der Waals surface area contributed by atoms with Gasteiger partial charge in [-0.25, -0.2) is 0 Å². The van der Waals surface area contributed by atoms with E-state index in [2.05, 4.69) is 0 Å². The molecular formula is C17H24N2O5. The molecule has 0 atom stereocenters. The normalized spacial score (nSPS) is 10.2. The molecule has 2 N–H and O–H groups in total. The maximum Gasteiger partial charge on any atom is 0.306 e. The number of primary amides is 1. The van der Waals surface area contributed by atoms with E-state index in [0.29, 0.717) is 13.2 Å². The fourth-order valence-corrected chi connectivity index (χ4v) is 2.02. The molecule has 0 unspecified atom stereocenters. The highest BCUT2D eigenvalue weighted by Gasteiger charge is 2.16. The molecular weight excluding hydrogens is 312 g/mol. The molecule has 132 valence electrons. The zero-order chi connectivity index (χ0) is 17.8. The predicted octanol–water partition coefficient (Wildman–Crippen LogP) is 0.860. The summed E-state index contributed by atoms with van der Waals surface area (Å²) in [5, 5.41) is 0. The lowest BCUT2D eigenvalue weighted by Crippen LogP contribution is -2.34. The van der Waals surface area contributed by atoms with Crippen LogP contribution in [0.4, 0.5) is 0 Å². The smallest absolute Gasteiger partial charge is 0.306 e. The van der Waals surface area contributed by atoms with Crippen molar-refractivity contribution in [2.45, 2.75) is 25.8 Å². The zero-order valence-electron chi connectivity index (χ0n) is 13.9. The van der Waals surface area contributed by atoms with E-state index in [1.807, 2.05) is 30.3 Å². The van der Waals surface area contributed by atoms with E-state index < -0.39 is 11.9 Å². The molecule has 0 aromatic heterocycles. The first-order valence-electron chi connectivity index (χ1n) is 7.77. The second-order valence-corrected chi connectivity index (χ2v) is 5.23. The molecule has 0 fully saturated rings. The largest absolute Gasteiger partial charge is 0.463 e. The van der Waals surface area contributed by atoms with E-state index in [0.717, 1.165) is 5.56 Å². The summed E-state index contributed by atoms with van der Waals surface area (Å²) in [5.74, 6) is -1.14. The molecule has 0 aliphatic carbocycles. The van der Waals surface area contributed by atoms with Gasteiger partial charge in [0.2, 0.25) is 11.8 Å². The summed E-state index contributed by atoms with van der Waals surface area (Å²) >= 11 is 0. The molecule has 1 rings (SSSR count). The van der Waals surface area contributed by atoms with Gasteiger partial charge in [0.05, 0.1) is 13.0 Å². The lowest BCUT2D eigenvalue weighted by Gasteiger charge is -2.22. The van der Waals surface area contributed by atoms with Crippen molar-refractivity contribution in [3.8, 4) is 0 Å². The van der Waals surface area contributed by atoms with Crippen LogP contribution in [0, 0.1) is 0 Å². The number of nitrogens with zero attached hydrogens (tertiary/aromatic N) is 1. The molecule has 0 aliphatic heterocycles. The maximum atomic E-state index is 12.3. The van der Waals surface area contributed by atoms with Crippen LogP contribution in [-0.2, 0) is 30.4 Å². The second kappa shape index (κ2) is 11.2. The summed E-state index contributed by atoms with van der Waals surface area (Å²) in [6.45, 7) is 1.07. The molecule has 0 saturated heterocycles. The van der Waals surface area contributed by atoms with Crippen molar-refractivity contribution in [3.63, 3.8) is 0 Å². The van der Waals surface area contributed by atoms with Gasteiger partial charge in [-0.2, -0.15) is 0 Å². The number of benzene rings is 1. The zero-order valence-corrected chi connectivity index (χ0v) is 13.9. The van der Waals surface area contributed by atoms with Gasteiger partial charge in [0.1, 0.15) is 6.61 Å². The van der Waals surface area contributed by atoms with Crippen molar-refractivity contribution in [1.29, 1.82) is 0 Å². The highest BCUT2D eigenvalue weighted by Crippen LogP contribution is 2.08. The summed E-state index contributed by atoms with van der Waals surface area (Å²) in [7, 11) is 1.51. The van der Waals surface area contributed by atoms with E-state index >= 15 is 0 Å². The number of hydrogen-bond donors (Lipinski definition) is 1. The Hall–Kier alpha value is -2.41. The summed E-state index contributed by atoms with van der Waals surface area (Å²) < 4.78 is 9.70. The highest BCUT2D eigenvalue weighted by atomic mass is 16.6. The van der Waals surface area contributed by atoms with Gasteiger partial charge in [0.25, 0.3) is 0 Å². The van der Waals surface area contributed by atoms with Crippen LogP contribution in [0.25, 0.3) is 0 Å². The number of hydrogen-bond acceptors (Lipinski definition) is 5. The van der Waals surface area contributed by atoms with E-state index in [1.54, 1.807) is 0 Å². The fraction of sp³-hybridized carbons (Fsp3) is 0.471. The Balaban J connectivity index is 2.53. The fourth-order valence-electron chi connectivity index (χ4n) is 2.02. The van der Waals surface area contributed by atoms with Crippen molar-refractivity contribution in [2.75, 3.05) is 26.9 Å². The average Bonchev–Trinajstić information content (AvgIpc) is 2.57. The Bertz CT molecular complexity index is 533. The molecule has 2 amide bonds. The molecule has 0 heterocycles. The second-order valence-electron chi connectivity index (χ2n) is 5.23. The van der Waals surface area contributed by atoms with Crippen LogP contribution in [0.2, 0.25) is 0 Å². The van der Waals surface area contributed by atoms with Gasteiger partial charge in [-0.3, -0.25) is 14.4 Å². The third kappa shape index (κ3) is 8.28. The number of ether oxygens (including phenoxy) is 2. The summed E-state index contributed by atoms with van der Waals surface area (Å²) in [4.78, 5) is 36.4. The number of carbonyl (C=O) groups is 3. The van der Waals surface area contributed by atoms with Gasteiger partial charge in [-0.1, -0.05) is 30.3 Å². The Morgan fingerprint density at radius 2 is 1.75 bits per heavy atom. The van der Waals surface area contributed by atoms with E-state index in [1.165, 1.54) is 12.0 Å². The number of esters is 1. The van der Waals surface area contributed by atoms with Crippen molar-refractivity contribution >= 4 is 17.8 Å². The topological polar surface area (TPSA) is 98.9 Å². The van der Waals surface area contributed by atoms with Crippen LogP contribution < -0.4 is 5.73 Å². The van der Waals surface area contributed by atoms with Crippen LogP contribution in [-0.4, -0.2) is 49.6 Å². The minimum atomic E-state index is -0.472. The van der Waals surface area contributed by atoms with Crippen LogP contribution in [0.5, 0.6) is 0 Å². The van der Waals surface area contributed by atoms with Crippen molar-refractivity contribution < 1.29 is 23.9 Å². The number of rotatable bonds is 11. The van der Waals surface area contributed by atoms with Crippen LogP contribution in [0.3, 0.4) is 0 Å². The third-order valence-electron chi connectivity index (χ3n) is 3.29. The standard InChI is InChI=1S/C17H24N2O5/c1-23-11-12-24-17(22)8-7-16(21)19(10-9-15(18)20)13-14-5-3-2-4-6-14/h2-6H,7-13H2,1H3,(H2,18,20). The average molecular weight is 336 g/mol. The minimum Gasteiger partial charge on any atom is -0.463 e. The molecule has 7 nitrogen and oxygen atoms in total. The summed E-state index contributed by atoms with van der Waals surface area (Å²) in [5.41, 5.74) is 6.10. The van der Waals surface area contributed by atoms with Crippen LogP contribution >= 0.6 is 0 Å². The Labute approximate surface area is 141 Å². The molecule has 0 bridgehead atoms. The van der Waals surface area contributed by atoms with Crippen LogP contribution in [0.1, 0.15) is 24.8 Å². The Morgan fingerprint density at radius 1 is 1.04 bits per heavy atom. The maximum absolute atomic E-state index is 12.3. The van der Waals surface area contributed by atoms with Gasteiger partial charge in [0, 0.05) is 33.0 Å². The number of methoxy groups -OCH3 is 1. The predicted molar refractivity (Wildman–Crippen MR) is 87.7 cm³/mol. The Morgan fingerprint density at radius 3 is 2.38 bits per heavy atom. The number of amides is 2. The highest BCUT2D eigenvalue weighted by molar-refractivity contribution is 5.82. The SMILES string of the molecule is COCCOC(=O)CCC(=O)N(CCC(N)=O)Cc1ccccc1. The van der Waals surface area contributed by atoms with E-state index in [-0.39, 0.29) is 38.3 Å². The van der Waals surface area contributed by atoms with Gasteiger partial charge < -0.3 is 20.1 Å². The molecule has 0 radical (unpaired) electrons. The number of carbonyl (C=O) groups excluding carboxylic acids is 3. The molecule has 0 aliphatic rings. The van der Waals surface area contributed by atoms with E-state index in [4.69, 9.17) is 15.2 Å². The lowest BCUT2D eigenvalue weighted by molar-refractivity contribution is -0.147. The number of nitrogens with two attached hydrogens (primary N) is 1. The molecule has 7 heteroatoms. The van der Waals surface area contributed by atoms with Crippen molar-refractivity contribution in [3.05, 3.63) is 35.9 Å². The van der Waals surface area contributed by atoms with Gasteiger partial charge in [0.15, 0.2) is 0 Å². The van der Waals surface area contributed by atoms with Crippen molar-refractivity contribution in [2.24, 2.45) is 5.73 Å². The van der Waals surface area contributed by atoms with Crippen LogP contribution in [0.15, 0.2) is 30.3 Å². The van der Waals surface area contributed by atoms with Crippen molar-refractivity contribution in [1.82, 2.24) is 4.90 Å². The van der Waals surface area contributed by atoms with E-state index in [9.17, 15) is 14.4 Å². The molecule has 24 heavy (non-hydrogen) atoms. The van der Waals surface area contributed by atoms with Gasteiger partial charge in [-0.15, -0.1) is 0 Å². The quantitative estimate of drug-likeness (QED) is 0.477. The summed E-state index contributed by atoms with van der Waals surface area (Å²) in [6.07, 6.45) is 0.0959. The first-order chi connectivity index (χ1) is 11.5. The molecule has 0 spiro atoms. The third-order valence-corrected chi connectivity index (χ3v) is 3.29. The molecule has 0 saturated carbocycles. The first kappa shape index (κ1) is 19.6. The molecule has 1 aromatic rings. The Kier molecular flexibility index (Phi) is 9.14. The minimum absolute atomic E-state index is 0.00952. The monoisotopic (exact) mass is 336 g/mol. The van der Waals surface area contributed by atoms with Gasteiger partial charge in [-0.05, 0) is 5.56 Å². The lowest BCUT2D eigenvalue weighted by atomic mass is 10.2. The molecule has 1 aromatic carbocycles. The van der Waals surface area contributed by atoms with Gasteiger partial charge >= 0.3 is 5.97 Å². The summed E-state index contributed by atoms with van der Waals surface area (Å²) in [6, 6.07) is 9.42. The first-order valence-corrected chi connectivity index (χ1v) is 7.77.